The Morgan fingerprint density at radius 1 is 1.17 bits per heavy atom. The number of halogens is 2. The minimum absolute atomic E-state index is 0.0513. The van der Waals surface area contributed by atoms with E-state index in [2.05, 4.69) is 37.2 Å². The van der Waals surface area contributed by atoms with Gasteiger partial charge in [0, 0.05) is 5.69 Å². The molecular weight excluding hydrogens is 504 g/mol. The van der Waals surface area contributed by atoms with E-state index in [1.807, 2.05) is 25.1 Å². The molecule has 0 heterocycles. The van der Waals surface area contributed by atoms with E-state index in [0.29, 0.717) is 25.9 Å². The number of esters is 1. The molecule has 0 aromatic heterocycles. The third-order valence-corrected chi connectivity index (χ3v) is 4.82. The Hall–Kier alpha value is -2.63. The zero-order valence-corrected chi connectivity index (χ0v) is 19.0. The first-order valence-corrected chi connectivity index (χ1v) is 10.2. The fourth-order valence-corrected chi connectivity index (χ4v) is 3.74. The van der Waals surface area contributed by atoms with Crippen molar-refractivity contribution in [3.63, 3.8) is 0 Å². The van der Waals surface area contributed by atoms with Crippen molar-refractivity contribution in [1.29, 1.82) is 5.26 Å². The first-order valence-electron chi connectivity index (χ1n) is 8.61. The van der Waals surface area contributed by atoms with Gasteiger partial charge in [0.15, 0.2) is 6.61 Å². The highest BCUT2D eigenvalue weighted by Gasteiger charge is 2.14. The molecule has 6 nitrogen and oxygen atoms in total. The van der Waals surface area contributed by atoms with Gasteiger partial charge in [-0.2, -0.15) is 5.26 Å². The number of aryl methyl sites for hydroxylation is 1. The van der Waals surface area contributed by atoms with Crippen molar-refractivity contribution in [3.8, 4) is 11.8 Å². The van der Waals surface area contributed by atoms with Crippen LogP contribution in [-0.4, -0.2) is 25.1 Å². The number of carbonyl (C=O) groups excluding carboxylic acids is 2. The molecule has 0 spiro atoms. The third kappa shape index (κ3) is 6.73. The van der Waals surface area contributed by atoms with Gasteiger partial charge in [-0.1, -0.05) is 17.7 Å². The summed E-state index contributed by atoms with van der Waals surface area (Å²) in [4.78, 5) is 23.9. The summed E-state index contributed by atoms with van der Waals surface area (Å²) in [6.07, 6.45) is 1.47. The first-order chi connectivity index (χ1) is 13.8. The van der Waals surface area contributed by atoms with Crippen LogP contribution < -0.4 is 10.1 Å². The Labute approximate surface area is 185 Å². The van der Waals surface area contributed by atoms with E-state index in [1.165, 1.54) is 6.08 Å². The quantitative estimate of drug-likeness (QED) is 0.314. The Morgan fingerprint density at radius 3 is 2.34 bits per heavy atom. The van der Waals surface area contributed by atoms with Gasteiger partial charge in [-0.25, -0.2) is 4.79 Å². The van der Waals surface area contributed by atoms with Crippen molar-refractivity contribution in [1.82, 2.24) is 0 Å². The standard InChI is InChI=1S/C21H18Br2N2O4/c1-3-28-19(26)12-29-20-17(22)9-14(10-18(20)23)8-15(11-24)21(27)25-16-6-4-13(2)5-7-16/h4-10H,3,12H2,1-2H3,(H,25,27)/b15-8+. The number of hydrogen-bond donors (Lipinski definition) is 1. The highest BCUT2D eigenvalue weighted by atomic mass is 79.9. The van der Waals surface area contributed by atoms with Crippen LogP contribution in [0, 0.1) is 18.3 Å². The summed E-state index contributed by atoms with van der Waals surface area (Å²) in [6, 6.07) is 12.6. The predicted octanol–water partition coefficient (Wildman–Crippen LogP) is 5.01. The molecule has 0 radical (unpaired) electrons. The van der Waals surface area contributed by atoms with Crippen molar-refractivity contribution in [3.05, 3.63) is 62.0 Å². The molecule has 2 aromatic carbocycles. The molecule has 0 aliphatic rings. The van der Waals surface area contributed by atoms with Gasteiger partial charge in [0.1, 0.15) is 17.4 Å². The molecule has 2 aromatic rings. The van der Waals surface area contributed by atoms with Gasteiger partial charge < -0.3 is 14.8 Å². The topological polar surface area (TPSA) is 88.4 Å². The number of ether oxygens (including phenoxy) is 2. The minimum Gasteiger partial charge on any atom is -0.480 e. The van der Waals surface area contributed by atoms with Crippen LogP contribution in [-0.2, 0) is 14.3 Å². The molecule has 0 aliphatic heterocycles. The van der Waals surface area contributed by atoms with E-state index in [0.717, 1.165) is 5.56 Å². The second-order valence-corrected chi connectivity index (χ2v) is 7.61. The fraction of sp³-hybridized carbons (Fsp3) is 0.190. The molecule has 2 rings (SSSR count). The molecule has 0 aliphatic carbocycles. The van der Waals surface area contributed by atoms with Crippen molar-refractivity contribution in [2.75, 3.05) is 18.5 Å². The molecule has 0 saturated carbocycles. The summed E-state index contributed by atoms with van der Waals surface area (Å²) in [7, 11) is 0. The number of rotatable bonds is 7. The van der Waals surface area contributed by atoms with Crippen LogP contribution in [0.3, 0.4) is 0 Å². The van der Waals surface area contributed by atoms with E-state index in [1.54, 1.807) is 31.2 Å². The number of amides is 1. The monoisotopic (exact) mass is 520 g/mol. The molecule has 1 amide bonds. The molecule has 0 atom stereocenters. The van der Waals surface area contributed by atoms with E-state index in [-0.39, 0.29) is 18.8 Å². The van der Waals surface area contributed by atoms with Gasteiger partial charge in [-0.15, -0.1) is 0 Å². The summed E-state index contributed by atoms with van der Waals surface area (Å²) in [6.45, 7) is 3.70. The van der Waals surface area contributed by atoms with Crippen LogP contribution in [0.2, 0.25) is 0 Å². The normalized spacial score (nSPS) is 10.8. The highest BCUT2D eigenvalue weighted by molar-refractivity contribution is 9.11. The van der Waals surface area contributed by atoms with Crippen LogP contribution in [0.4, 0.5) is 5.69 Å². The average molecular weight is 522 g/mol. The lowest BCUT2D eigenvalue weighted by atomic mass is 10.1. The number of benzene rings is 2. The largest absolute Gasteiger partial charge is 0.480 e. The maximum absolute atomic E-state index is 12.4. The SMILES string of the molecule is CCOC(=O)COc1c(Br)cc(/C=C(\C#N)C(=O)Nc2ccc(C)cc2)cc1Br. The van der Waals surface area contributed by atoms with Crippen LogP contribution in [0.15, 0.2) is 50.9 Å². The Morgan fingerprint density at radius 2 is 1.79 bits per heavy atom. The number of nitrogens with one attached hydrogen (secondary N) is 1. The molecular formula is C21H18Br2N2O4. The van der Waals surface area contributed by atoms with Crippen LogP contribution in [0.5, 0.6) is 5.75 Å². The summed E-state index contributed by atoms with van der Waals surface area (Å²) in [5, 5.41) is 12.1. The maximum Gasteiger partial charge on any atom is 0.344 e. The Balaban J connectivity index is 2.18. The van der Waals surface area contributed by atoms with E-state index >= 15 is 0 Å². The van der Waals surface area contributed by atoms with Crippen molar-refractivity contribution < 1.29 is 19.1 Å². The van der Waals surface area contributed by atoms with E-state index in [9.17, 15) is 14.9 Å². The second kappa shape index (κ2) is 10.8. The number of nitrogens with zero attached hydrogens (tertiary/aromatic N) is 1. The number of carbonyl (C=O) groups is 2. The summed E-state index contributed by atoms with van der Waals surface area (Å²) < 4.78 is 11.4. The third-order valence-electron chi connectivity index (χ3n) is 3.65. The van der Waals surface area contributed by atoms with Gasteiger partial charge >= 0.3 is 5.97 Å². The predicted molar refractivity (Wildman–Crippen MR) is 117 cm³/mol. The molecule has 0 unspecified atom stereocenters. The molecule has 29 heavy (non-hydrogen) atoms. The lowest BCUT2D eigenvalue weighted by Crippen LogP contribution is -2.15. The van der Waals surface area contributed by atoms with Gasteiger partial charge in [-0.3, -0.25) is 4.79 Å². The van der Waals surface area contributed by atoms with E-state index in [4.69, 9.17) is 9.47 Å². The van der Waals surface area contributed by atoms with Crippen molar-refractivity contribution in [2.24, 2.45) is 0 Å². The summed E-state index contributed by atoms with van der Waals surface area (Å²) in [5.74, 6) is -0.570. The van der Waals surface area contributed by atoms with Crippen LogP contribution in [0.25, 0.3) is 6.08 Å². The number of nitriles is 1. The molecule has 1 N–H and O–H groups in total. The Bertz CT molecular complexity index is 956. The van der Waals surface area contributed by atoms with Crippen molar-refractivity contribution in [2.45, 2.75) is 13.8 Å². The van der Waals surface area contributed by atoms with Gasteiger partial charge in [0.2, 0.25) is 0 Å². The van der Waals surface area contributed by atoms with Gasteiger partial charge in [0.25, 0.3) is 5.91 Å². The zero-order chi connectivity index (χ0) is 21.4. The Kier molecular flexibility index (Phi) is 8.43. The molecule has 8 heteroatoms. The molecule has 0 bridgehead atoms. The molecule has 0 saturated heterocycles. The van der Waals surface area contributed by atoms with E-state index < -0.39 is 11.9 Å². The highest BCUT2D eigenvalue weighted by Crippen LogP contribution is 2.35. The number of hydrogen-bond acceptors (Lipinski definition) is 5. The summed E-state index contributed by atoms with van der Waals surface area (Å²) in [5.41, 5.74) is 2.22. The fourth-order valence-electron chi connectivity index (χ4n) is 2.29. The first kappa shape index (κ1) is 22.7. The molecule has 150 valence electrons. The van der Waals surface area contributed by atoms with Crippen molar-refractivity contribution >= 4 is 55.5 Å². The van der Waals surface area contributed by atoms with Gasteiger partial charge in [-0.05, 0) is 81.6 Å². The lowest BCUT2D eigenvalue weighted by molar-refractivity contribution is -0.145. The smallest absolute Gasteiger partial charge is 0.344 e. The van der Waals surface area contributed by atoms with Crippen LogP contribution >= 0.6 is 31.9 Å². The van der Waals surface area contributed by atoms with Crippen LogP contribution in [0.1, 0.15) is 18.1 Å². The zero-order valence-electron chi connectivity index (χ0n) is 15.8. The minimum atomic E-state index is -0.508. The molecule has 0 fully saturated rings. The average Bonchev–Trinajstić information content (AvgIpc) is 2.67. The maximum atomic E-state index is 12.4. The lowest BCUT2D eigenvalue weighted by Gasteiger charge is -2.11. The van der Waals surface area contributed by atoms with Gasteiger partial charge in [0.05, 0.1) is 15.6 Å². The second-order valence-electron chi connectivity index (χ2n) is 5.90. The number of anilines is 1. The summed E-state index contributed by atoms with van der Waals surface area (Å²) >= 11 is 6.75.